The Bertz CT molecular complexity index is 1080. The van der Waals surface area contributed by atoms with Gasteiger partial charge in [0.2, 0.25) is 15.9 Å². The van der Waals surface area contributed by atoms with Crippen LogP contribution >= 0.6 is 0 Å². The van der Waals surface area contributed by atoms with Gasteiger partial charge in [0, 0.05) is 50.7 Å². The van der Waals surface area contributed by atoms with Gasteiger partial charge in [0.25, 0.3) is 0 Å². The number of hydrogen-bond donors (Lipinski definition) is 0. The van der Waals surface area contributed by atoms with Crippen LogP contribution in [0.3, 0.4) is 0 Å². The van der Waals surface area contributed by atoms with Crippen molar-refractivity contribution in [1.82, 2.24) is 9.21 Å². The van der Waals surface area contributed by atoms with Crippen LogP contribution in [0.15, 0.2) is 48.5 Å². The van der Waals surface area contributed by atoms with Crippen molar-refractivity contribution in [2.75, 3.05) is 51.3 Å². The van der Waals surface area contributed by atoms with Crippen LogP contribution in [0.1, 0.15) is 18.4 Å². The number of piperazine rings is 1. The quantitative estimate of drug-likeness (QED) is 0.643. The Morgan fingerprint density at radius 1 is 0.970 bits per heavy atom. The summed E-state index contributed by atoms with van der Waals surface area (Å²) in [6.45, 7) is 3.28. The molecule has 2 aliphatic heterocycles. The number of piperidine rings is 1. The Labute approximate surface area is 194 Å². The molecule has 178 valence electrons. The number of hydrogen-bond acceptors (Lipinski definition) is 5. The number of benzene rings is 2. The average Bonchev–Trinajstić information content (AvgIpc) is 2.85. The summed E-state index contributed by atoms with van der Waals surface area (Å²) in [6.07, 6.45) is 0.976. The minimum absolute atomic E-state index is 0.0980. The maximum Gasteiger partial charge on any atom is 0.225 e. The Hall–Kier alpha value is -2.65. The molecule has 1 amide bonds. The predicted molar refractivity (Wildman–Crippen MR) is 125 cm³/mol. The van der Waals surface area contributed by atoms with Gasteiger partial charge in [-0.05, 0) is 31.0 Å². The van der Waals surface area contributed by atoms with Crippen molar-refractivity contribution in [3.8, 4) is 5.75 Å². The summed E-state index contributed by atoms with van der Waals surface area (Å²) in [5.74, 6) is -0.133. The molecule has 2 aromatic rings. The molecule has 7 nitrogen and oxygen atoms in total. The second kappa shape index (κ2) is 10.1. The van der Waals surface area contributed by atoms with Gasteiger partial charge < -0.3 is 14.5 Å². The van der Waals surface area contributed by atoms with Gasteiger partial charge in [-0.25, -0.2) is 17.1 Å². The first-order valence-corrected chi connectivity index (χ1v) is 12.9. The molecule has 0 saturated carbocycles. The van der Waals surface area contributed by atoms with E-state index in [2.05, 4.69) is 4.90 Å². The molecule has 0 unspecified atom stereocenters. The molecule has 2 aromatic carbocycles. The van der Waals surface area contributed by atoms with Crippen LogP contribution < -0.4 is 9.64 Å². The van der Waals surface area contributed by atoms with Gasteiger partial charge >= 0.3 is 0 Å². The minimum Gasteiger partial charge on any atom is -0.495 e. The van der Waals surface area contributed by atoms with E-state index in [0.29, 0.717) is 25.9 Å². The van der Waals surface area contributed by atoms with Crippen LogP contribution in [0.25, 0.3) is 0 Å². The van der Waals surface area contributed by atoms with Crippen LogP contribution in [0.2, 0.25) is 0 Å². The summed E-state index contributed by atoms with van der Waals surface area (Å²) in [4.78, 5) is 17.2. The van der Waals surface area contributed by atoms with Gasteiger partial charge in [-0.2, -0.15) is 0 Å². The van der Waals surface area contributed by atoms with Crippen LogP contribution in [0.5, 0.6) is 5.75 Å². The van der Waals surface area contributed by atoms with E-state index in [-0.39, 0.29) is 36.2 Å². The van der Waals surface area contributed by atoms with Crippen molar-refractivity contribution >= 4 is 21.6 Å². The number of ether oxygens (including phenoxy) is 1. The lowest BCUT2D eigenvalue weighted by Gasteiger charge is -2.39. The first-order valence-electron chi connectivity index (χ1n) is 11.3. The third kappa shape index (κ3) is 5.30. The summed E-state index contributed by atoms with van der Waals surface area (Å²) in [7, 11) is -1.97. The Kier molecular flexibility index (Phi) is 7.19. The molecule has 2 heterocycles. The fourth-order valence-corrected chi connectivity index (χ4v) is 6.18. The molecule has 9 heteroatoms. The molecule has 0 N–H and O–H groups in total. The van der Waals surface area contributed by atoms with Crippen molar-refractivity contribution in [3.05, 3.63) is 59.9 Å². The highest BCUT2D eigenvalue weighted by molar-refractivity contribution is 7.88. The largest absolute Gasteiger partial charge is 0.495 e. The van der Waals surface area contributed by atoms with Gasteiger partial charge in [-0.15, -0.1) is 0 Å². The highest BCUT2D eigenvalue weighted by atomic mass is 32.2. The zero-order valence-corrected chi connectivity index (χ0v) is 19.6. The number of rotatable bonds is 6. The van der Waals surface area contributed by atoms with Gasteiger partial charge in [-0.3, -0.25) is 4.79 Å². The molecule has 0 radical (unpaired) electrons. The second-order valence-corrected chi connectivity index (χ2v) is 10.5. The first-order chi connectivity index (χ1) is 15.9. The van der Waals surface area contributed by atoms with Crippen molar-refractivity contribution in [1.29, 1.82) is 0 Å². The number of sulfonamides is 1. The van der Waals surface area contributed by atoms with Crippen molar-refractivity contribution < 1.29 is 22.3 Å². The zero-order chi connectivity index (χ0) is 23.4. The van der Waals surface area contributed by atoms with E-state index in [1.54, 1.807) is 19.2 Å². The monoisotopic (exact) mass is 475 g/mol. The van der Waals surface area contributed by atoms with E-state index in [9.17, 15) is 17.6 Å². The van der Waals surface area contributed by atoms with Crippen molar-refractivity contribution in [3.63, 3.8) is 0 Å². The van der Waals surface area contributed by atoms with E-state index >= 15 is 0 Å². The smallest absolute Gasteiger partial charge is 0.225 e. The van der Waals surface area contributed by atoms with Gasteiger partial charge in [0.05, 0.1) is 18.6 Å². The summed E-state index contributed by atoms with van der Waals surface area (Å²) in [5.41, 5.74) is 1.20. The fourth-order valence-electron chi connectivity index (χ4n) is 4.60. The normalized spacial score (nSPS) is 18.4. The van der Waals surface area contributed by atoms with Crippen LogP contribution in [0.4, 0.5) is 10.1 Å². The molecular weight excluding hydrogens is 445 g/mol. The van der Waals surface area contributed by atoms with Crippen LogP contribution in [0, 0.1) is 11.7 Å². The van der Waals surface area contributed by atoms with Gasteiger partial charge in [-0.1, -0.05) is 30.3 Å². The fraction of sp³-hybridized carbons (Fsp3) is 0.458. The molecule has 2 aliphatic rings. The standard InChI is InChI=1S/C24H30FN3O4S/c1-32-23-9-5-4-8-22(23)26-14-16-27(17-15-26)24(29)19-10-12-28(13-11-19)33(30,31)18-20-6-2-3-7-21(20)25/h2-9,19H,10-18H2,1H3. The lowest BCUT2D eigenvalue weighted by Crippen LogP contribution is -2.52. The predicted octanol–water partition coefficient (Wildman–Crippen LogP) is 2.72. The molecule has 0 spiro atoms. The number of methoxy groups -OCH3 is 1. The maximum absolute atomic E-state index is 13.9. The third-order valence-electron chi connectivity index (χ3n) is 6.51. The van der Waals surface area contributed by atoms with Crippen LogP contribution in [-0.4, -0.2) is 69.9 Å². The van der Waals surface area contributed by atoms with Crippen LogP contribution in [-0.2, 0) is 20.6 Å². The zero-order valence-electron chi connectivity index (χ0n) is 18.8. The Morgan fingerprint density at radius 2 is 1.61 bits per heavy atom. The SMILES string of the molecule is COc1ccccc1N1CCN(C(=O)C2CCN(S(=O)(=O)Cc3ccccc3F)CC2)CC1. The van der Waals surface area contributed by atoms with Gasteiger partial charge in [0.1, 0.15) is 11.6 Å². The molecule has 0 bridgehead atoms. The molecule has 4 rings (SSSR count). The molecule has 0 atom stereocenters. The Morgan fingerprint density at radius 3 is 2.27 bits per heavy atom. The van der Waals surface area contributed by atoms with E-state index in [1.807, 2.05) is 29.2 Å². The number of nitrogens with zero attached hydrogens (tertiary/aromatic N) is 3. The van der Waals surface area contributed by atoms with E-state index < -0.39 is 15.8 Å². The average molecular weight is 476 g/mol. The summed E-state index contributed by atoms with van der Waals surface area (Å²) >= 11 is 0. The highest BCUT2D eigenvalue weighted by Crippen LogP contribution is 2.29. The summed E-state index contributed by atoms with van der Waals surface area (Å²) in [5, 5.41) is 0. The van der Waals surface area contributed by atoms with Crippen molar-refractivity contribution in [2.45, 2.75) is 18.6 Å². The number of para-hydroxylation sites is 2. The van der Waals surface area contributed by atoms with E-state index in [1.165, 1.54) is 16.4 Å². The van der Waals surface area contributed by atoms with E-state index in [0.717, 1.165) is 24.5 Å². The molecule has 0 aliphatic carbocycles. The number of halogens is 1. The Balaban J connectivity index is 1.30. The number of anilines is 1. The minimum atomic E-state index is -3.63. The summed E-state index contributed by atoms with van der Waals surface area (Å²) < 4.78 is 46.3. The molecule has 2 fully saturated rings. The molecule has 33 heavy (non-hydrogen) atoms. The lowest BCUT2D eigenvalue weighted by molar-refractivity contribution is -0.137. The number of carbonyl (C=O) groups is 1. The number of carbonyl (C=O) groups excluding carboxylic acids is 1. The van der Waals surface area contributed by atoms with E-state index in [4.69, 9.17) is 4.74 Å². The highest BCUT2D eigenvalue weighted by Gasteiger charge is 2.34. The topological polar surface area (TPSA) is 70.2 Å². The second-order valence-electron chi connectivity index (χ2n) is 8.51. The molecular formula is C24H30FN3O4S. The van der Waals surface area contributed by atoms with Crippen molar-refractivity contribution in [2.24, 2.45) is 5.92 Å². The number of amides is 1. The summed E-state index contributed by atoms with van der Waals surface area (Å²) in [6, 6.07) is 13.8. The maximum atomic E-state index is 13.9. The molecule has 0 aromatic heterocycles. The van der Waals surface area contributed by atoms with Gasteiger partial charge in [0.15, 0.2) is 0 Å². The first kappa shape index (κ1) is 23.5. The third-order valence-corrected chi connectivity index (χ3v) is 8.34. The molecule has 2 saturated heterocycles. The lowest BCUT2D eigenvalue weighted by atomic mass is 9.96.